The fraction of sp³-hybridized carbons (Fsp3) is 0.462. The Morgan fingerprint density at radius 2 is 2.00 bits per heavy atom. The van der Waals surface area contributed by atoms with Crippen molar-refractivity contribution < 1.29 is 14.5 Å². The molecule has 2 unspecified atom stereocenters. The molecule has 1 fully saturated rings. The van der Waals surface area contributed by atoms with Crippen molar-refractivity contribution >= 4 is 11.7 Å². The molecule has 19 heavy (non-hydrogen) atoms. The number of esters is 1. The lowest BCUT2D eigenvalue weighted by atomic mass is 9.89. The lowest BCUT2D eigenvalue weighted by Crippen LogP contribution is -2.23. The number of rotatable bonds is 3. The van der Waals surface area contributed by atoms with Gasteiger partial charge in [0, 0.05) is 31.1 Å². The zero-order valence-corrected chi connectivity index (χ0v) is 10.9. The van der Waals surface area contributed by atoms with Crippen LogP contribution in [0.3, 0.4) is 0 Å². The van der Waals surface area contributed by atoms with Gasteiger partial charge in [-0.05, 0) is 12.6 Å². The molecule has 2 rings (SSSR count). The Balaban J connectivity index is 2.23. The van der Waals surface area contributed by atoms with Crippen molar-refractivity contribution in [3.05, 3.63) is 39.9 Å². The Kier molecular flexibility index (Phi) is 3.80. The summed E-state index contributed by atoms with van der Waals surface area (Å²) in [7, 11) is 3.33. The van der Waals surface area contributed by atoms with E-state index in [2.05, 4.69) is 4.90 Å². The molecular weight excluding hydrogens is 248 g/mol. The van der Waals surface area contributed by atoms with Crippen LogP contribution >= 0.6 is 0 Å². The standard InChI is InChI=1S/C13H16N2O4/c1-14-7-11(12(8-14)13(16)19-2)9-3-5-10(6-4-9)15(17)18/h3-6,11-12H,7-8H2,1-2H3. The van der Waals surface area contributed by atoms with Gasteiger partial charge in [0.2, 0.25) is 0 Å². The fourth-order valence-electron chi connectivity index (χ4n) is 2.57. The molecule has 6 heteroatoms. The van der Waals surface area contributed by atoms with E-state index in [4.69, 9.17) is 4.74 Å². The van der Waals surface area contributed by atoms with Crippen molar-refractivity contribution in [3.63, 3.8) is 0 Å². The van der Waals surface area contributed by atoms with Gasteiger partial charge in [-0.15, -0.1) is 0 Å². The van der Waals surface area contributed by atoms with Gasteiger partial charge in [0.25, 0.3) is 5.69 Å². The van der Waals surface area contributed by atoms with Gasteiger partial charge >= 0.3 is 5.97 Å². The second-order valence-electron chi connectivity index (χ2n) is 4.81. The second kappa shape index (κ2) is 5.36. The van der Waals surface area contributed by atoms with Gasteiger partial charge in [-0.25, -0.2) is 0 Å². The maximum Gasteiger partial charge on any atom is 0.310 e. The number of benzene rings is 1. The Bertz CT molecular complexity index is 486. The molecule has 1 aromatic rings. The van der Waals surface area contributed by atoms with Gasteiger partial charge in [0.05, 0.1) is 18.0 Å². The molecule has 0 radical (unpaired) electrons. The number of hydrogen-bond donors (Lipinski definition) is 0. The molecule has 1 aromatic carbocycles. The third-order valence-electron chi connectivity index (χ3n) is 3.54. The van der Waals surface area contributed by atoms with Crippen LogP contribution in [-0.4, -0.2) is 43.0 Å². The van der Waals surface area contributed by atoms with Crippen molar-refractivity contribution in [2.24, 2.45) is 5.92 Å². The second-order valence-corrected chi connectivity index (χ2v) is 4.81. The summed E-state index contributed by atoms with van der Waals surface area (Å²) in [4.78, 5) is 24.0. The molecule has 0 aliphatic carbocycles. The minimum atomic E-state index is -0.428. The van der Waals surface area contributed by atoms with Gasteiger partial charge < -0.3 is 9.64 Å². The minimum Gasteiger partial charge on any atom is -0.469 e. The Hall–Kier alpha value is -1.95. The number of carbonyl (C=O) groups excluding carboxylic acids is 1. The summed E-state index contributed by atoms with van der Waals surface area (Å²) in [6.07, 6.45) is 0. The number of nitro benzene ring substituents is 1. The van der Waals surface area contributed by atoms with Crippen LogP contribution in [0.15, 0.2) is 24.3 Å². The van der Waals surface area contributed by atoms with Crippen molar-refractivity contribution in [3.8, 4) is 0 Å². The molecular formula is C13H16N2O4. The van der Waals surface area contributed by atoms with E-state index in [1.165, 1.54) is 19.2 Å². The first-order valence-electron chi connectivity index (χ1n) is 6.03. The topological polar surface area (TPSA) is 72.7 Å². The van der Waals surface area contributed by atoms with Gasteiger partial charge in [0.15, 0.2) is 0 Å². The SMILES string of the molecule is COC(=O)C1CN(C)CC1c1ccc([N+](=O)[O-])cc1. The number of methoxy groups -OCH3 is 1. The summed E-state index contributed by atoms with van der Waals surface area (Å²) >= 11 is 0. The highest BCUT2D eigenvalue weighted by molar-refractivity contribution is 5.74. The molecule has 1 aliphatic rings. The first kappa shape index (κ1) is 13.5. The predicted octanol–water partition coefficient (Wildman–Crippen LogP) is 1.41. The highest BCUT2D eigenvalue weighted by atomic mass is 16.6. The van der Waals surface area contributed by atoms with Crippen LogP contribution in [0.25, 0.3) is 0 Å². The van der Waals surface area contributed by atoms with Crippen molar-refractivity contribution in [1.82, 2.24) is 4.90 Å². The lowest BCUT2D eigenvalue weighted by molar-refractivity contribution is -0.384. The van der Waals surface area contributed by atoms with Gasteiger partial charge in [-0.3, -0.25) is 14.9 Å². The van der Waals surface area contributed by atoms with Gasteiger partial charge in [0.1, 0.15) is 0 Å². The first-order chi connectivity index (χ1) is 9.02. The minimum absolute atomic E-state index is 0.0262. The van der Waals surface area contributed by atoms with E-state index in [0.29, 0.717) is 6.54 Å². The Morgan fingerprint density at radius 1 is 1.37 bits per heavy atom. The maximum absolute atomic E-state index is 11.8. The highest BCUT2D eigenvalue weighted by Crippen LogP contribution is 2.33. The van der Waals surface area contributed by atoms with Crippen LogP contribution in [0.5, 0.6) is 0 Å². The summed E-state index contributed by atoms with van der Waals surface area (Å²) in [6, 6.07) is 6.39. The summed E-state index contributed by atoms with van der Waals surface area (Å²) in [5.41, 5.74) is 0.995. The van der Waals surface area contributed by atoms with Gasteiger partial charge in [-0.1, -0.05) is 12.1 Å². The predicted molar refractivity (Wildman–Crippen MR) is 68.8 cm³/mol. The van der Waals surface area contributed by atoms with E-state index >= 15 is 0 Å². The van der Waals surface area contributed by atoms with E-state index in [-0.39, 0.29) is 23.5 Å². The van der Waals surface area contributed by atoms with Crippen LogP contribution in [-0.2, 0) is 9.53 Å². The lowest BCUT2D eigenvalue weighted by Gasteiger charge is -2.16. The maximum atomic E-state index is 11.8. The molecule has 2 atom stereocenters. The van der Waals surface area contributed by atoms with Crippen LogP contribution < -0.4 is 0 Å². The largest absolute Gasteiger partial charge is 0.469 e. The average molecular weight is 264 g/mol. The summed E-state index contributed by atoms with van der Waals surface area (Å²) in [5.74, 6) is -0.414. The number of likely N-dealkylation sites (N-methyl/N-ethyl adjacent to an activating group) is 1. The molecule has 0 amide bonds. The number of nitrogens with zero attached hydrogens (tertiary/aromatic N) is 2. The van der Waals surface area contributed by atoms with Crippen LogP contribution in [0, 0.1) is 16.0 Å². The molecule has 6 nitrogen and oxygen atoms in total. The summed E-state index contributed by atoms with van der Waals surface area (Å²) in [5, 5.41) is 10.6. The number of likely N-dealkylation sites (tertiary alicyclic amines) is 1. The average Bonchev–Trinajstić information content (AvgIpc) is 2.80. The fourth-order valence-corrected chi connectivity index (χ4v) is 2.57. The number of non-ortho nitro benzene ring substituents is 1. The molecule has 0 saturated carbocycles. The van der Waals surface area contributed by atoms with Crippen LogP contribution in [0.1, 0.15) is 11.5 Å². The molecule has 1 heterocycles. The van der Waals surface area contributed by atoms with Crippen molar-refractivity contribution in [1.29, 1.82) is 0 Å². The summed E-state index contributed by atoms with van der Waals surface area (Å²) < 4.78 is 4.82. The zero-order valence-electron chi connectivity index (χ0n) is 10.9. The highest BCUT2D eigenvalue weighted by Gasteiger charge is 2.37. The third-order valence-corrected chi connectivity index (χ3v) is 3.54. The van der Waals surface area contributed by atoms with Crippen molar-refractivity contribution in [2.45, 2.75) is 5.92 Å². The van der Waals surface area contributed by atoms with E-state index in [1.807, 2.05) is 7.05 Å². The monoisotopic (exact) mass is 264 g/mol. The molecule has 0 N–H and O–H groups in total. The number of carbonyl (C=O) groups is 1. The molecule has 102 valence electrons. The molecule has 0 bridgehead atoms. The first-order valence-corrected chi connectivity index (χ1v) is 6.03. The number of ether oxygens (including phenoxy) is 1. The summed E-state index contributed by atoms with van der Waals surface area (Å²) in [6.45, 7) is 1.39. The van der Waals surface area contributed by atoms with Crippen LogP contribution in [0.4, 0.5) is 5.69 Å². The van der Waals surface area contributed by atoms with Gasteiger partial charge in [-0.2, -0.15) is 0 Å². The Morgan fingerprint density at radius 3 is 2.53 bits per heavy atom. The van der Waals surface area contributed by atoms with Crippen molar-refractivity contribution in [2.75, 3.05) is 27.2 Å². The number of hydrogen-bond acceptors (Lipinski definition) is 5. The van der Waals surface area contributed by atoms with E-state index in [0.717, 1.165) is 12.1 Å². The van der Waals surface area contributed by atoms with E-state index < -0.39 is 4.92 Å². The zero-order chi connectivity index (χ0) is 14.0. The Labute approximate surface area is 111 Å². The van der Waals surface area contributed by atoms with Crippen LogP contribution in [0.2, 0.25) is 0 Å². The van der Waals surface area contributed by atoms with E-state index in [9.17, 15) is 14.9 Å². The van der Waals surface area contributed by atoms with E-state index in [1.54, 1.807) is 12.1 Å². The quantitative estimate of drug-likeness (QED) is 0.469. The molecule has 1 aliphatic heterocycles. The smallest absolute Gasteiger partial charge is 0.310 e. The number of nitro groups is 1. The molecule has 0 spiro atoms. The molecule has 0 aromatic heterocycles. The third kappa shape index (κ3) is 2.73. The normalized spacial score (nSPS) is 23.3. The molecule has 1 saturated heterocycles.